The second-order valence-electron chi connectivity index (χ2n) is 2.15. The van der Waals surface area contributed by atoms with Gasteiger partial charge < -0.3 is 5.02 Å². The van der Waals surface area contributed by atoms with Gasteiger partial charge in [0.2, 0.25) is 0 Å². The molecule has 0 heterocycles. The molecule has 1 aromatic rings. The zero-order valence-corrected chi connectivity index (χ0v) is 6.88. The van der Waals surface area contributed by atoms with E-state index in [0.717, 1.165) is 0 Å². The zero-order valence-electron chi connectivity index (χ0n) is 5.98. The maximum absolute atomic E-state index is 12.7. The largest absolute Gasteiger partial charge is 0.450 e. The van der Waals surface area contributed by atoms with Gasteiger partial charge in [0.1, 0.15) is 0 Å². The van der Waals surface area contributed by atoms with Crippen LogP contribution in [0.4, 0.5) is 17.6 Å². The van der Waals surface area contributed by atoms with Crippen LogP contribution in [0.2, 0.25) is 0 Å². The molecule has 1 N–H and O–H groups in total. The lowest BCUT2D eigenvalue weighted by atomic mass is 9.87. The van der Waals surface area contributed by atoms with Gasteiger partial charge in [0.15, 0.2) is 23.3 Å². The molecule has 0 unspecified atom stereocenters. The van der Waals surface area contributed by atoms with Gasteiger partial charge in [-0.05, 0) is 0 Å². The fourth-order valence-corrected chi connectivity index (χ4v) is 0.947. The van der Waals surface area contributed by atoms with Crippen LogP contribution in [0.1, 0.15) is 0 Å². The van der Waals surface area contributed by atoms with Crippen LogP contribution in [-0.2, 0) is 0 Å². The summed E-state index contributed by atoms with van der Waals surface area (Å²) >= 11 is 3.21. The summed E-state index contributed by atoms with van der Waals surface area (Å²) in [6.07, 6.45) is 0. The highest BCUT2D eigenvalue weighted by atomic mass is 32.1. The van der Waals surface area contributed by atoms with Crippen LogP contribution < -0.4 is 5.46 Å². The monoisotopic (exact) mass is 209 g/mol. The van der Waals surface area contributed by atoms with Crippen LogP contribution in [0.3, 0.4) is 0 Å². The minimum atomic E-state index is -1.67. The highest BCUT2D eigenvalue weighted by Crippen LogP contribution is 2.20. The van der Waals surface area contributed by atoms with Crippen molar-refractivity contribution in [2.75, 3.05) is 0 Å². The summed E-state index contributed by atoms with van der Waals surface area (Å²) in [7, 11) is -0.0515. The first-order chi connectivity index (χ1) is 6.00. The van der Waals surface area contributed by atoms with Crippen molar-refractivity contribution in [2.24, 2.45) is 0 Å². The first kappa shape index (κ1) is 10.4. The Hall–Kier alpha value is -0.685. The molecule has 69 valence electrons. The van der Waals surface area contributed by atoms with Gasteiger partial charge in [0.25, 0.3) is 0 Å². The third-order valence-corrected chi connectivity index (χ3v) is 1.80. The maximum Gasteiger partial charge on any atom is 0.333 e. The summed E-state index contributed by atoms with van der Waals surface area (Å²) in [6.45, 7) is 0. The normalized spacial score (nSPS) is 10.3. The summed E-state index contributed by atoms with van der Waals surface area (Å²) in [5.74, 6) is -6.62. The lowest BCUT2D eigenvalue weighted by Crippen LogP contribution is -2.26. The van der Waals surface area contributed by atoms with Gasteiger partial charge in [0.05, 0.1) is 4.90 Å². The van der Waals surface area contributed by atoms with E-state index in [-0.39, 0.29) is 7.48 Å². The third-order valence-electron chi connectivity index (χ3n) is 1.40. The van der Waals surface area contributed by atoms with Gasteiger partial charge in [-0.15, -0.1) is 12.6 Å². The standard InChI is InChI=1S/C6H2BF4OS/c8-2-1(7-12)3(9)5(11)6(13)4(2)10/h12-13H. The number of benzene rings is 1. The van der Waals surface area contributed by atoms with E-state index in [1.54, 1.807) is 0 Å². The predicted octanol–water partition coefficient (Wildman–Crippen LogP) is 0.768. The molecule has 1 aromatic carbocycles. The number of thiol groups is 1. The van der Waals surface area contributed by atoms with Gasteiger partial charge in [-0.1, -0.05) is 0 Å². The van der Waals surface area contributed by atoms with Crippen LogP contribution in [0.5, 0.6) is 0 Å². The van der Waals surface area contributed by atoms with E-state index in [9.17, 15) is 17.6 Å². The van der Waals surface area contributed by atoms with Crippen LogP contribution in [0.15, 0.2) is 4.90 Å². The molecule has 1 nitrogen and oxygen atoms in total. The average Bonchev–Trinajstić information content (AvgIpc) is 2.13. The number of rotatable bonds is 1. The fourth-order valence-electron chi connectivity index (χ4n) is 0.750. The van der Waals surface area contributed by atoms with Gasteiger partial charge >= 0.3 is 7.48 Å². The molecule has 0 bridgehead atoms. The van der Waals surface area contributed by atoms with Crippen LogP contribution in [0, 0.1) is 23.3 Å². The molecule has 0 aliphatic rings. The summed E-state index contributed by atoms with van der Waals surface area (Å²) in [5.41, 5.74) is -1.16. The highest BCUT2D eigenvalue weighted by molar-refractivity contribution is 7.80. The van der Waals surface area contributed by atoms with E-state index in [4.69, 9.17) is 5.02 Å². The van der Waals surface area contributed by atoms with Gasteiger partial charge in [0, 0.05) is 5.46 Å². The van der Waals surface area contributed by atoms with E-state index in [1.807, 2.05) is 0 Å². The summed E-state index contributed by atoms with van der Waals surface area (Å²) in [4.78, 5) is -1.06. The Morgan fingerprint density at radius 1 is 0.923 bits per heavy atom. The molecule has 0 atom stereocenters. The third kappa shape index (κ3) is 1.53. The minimum absolute atomic E-state index is 0.0515. The molecule has 1 rings (SSSR count). The fraction of sp³-hybridized carbons (Fsp3) is 0. The molecule has 0 spiro atoms. The highest BCUT2D eigenvalue weighted by Gasteiger charge is 2.23. The Balaban J connectivity index is 3.56. The Bertz CT molecular complexity index is 328. The van der Waals surface area contributed by atoms with Crippen molar-refractivity contribution in [3.8, 4) is 0 Å². The second kappa shape index (κ2) is 3.59. The van der Waals surface area contributed by atoms with E-state index in [0.29, 0.717) is 0 Å². The molecule has 0 amide bonds. The first-order valence-electron chi connectivity index (χ1n) is 3.03. The van der Waals surface area contributed by atoms with Crippen molar-refractivity contribution in [1.82, 2.24) is 0 Å². The zero-order chi connectivity index (χ0) is 10.2. The topological polar surface area (TPSA) is 20.2 Å². The Labute approximate surface area is 77.1 Å². The van der Waals surface area contributed by atoms with E-state index in [1.165, 1.54) is 0 Å². The number of hydrogen-bond acceptors (Lipinski definition) is 2. The van der Waals surface area contributed by atoms with Crippen molar-refractivity contribution in [3.05, 3.63) is 23.3 Å². The average molecular weight is 209 g/mol. The number of halogens is 4. The van der Waals surface area contributed by atoms with Gasteiger partial charge in [-0.25, -0.2) is 17.6 Å². The van der Waals surface area contributed by atoms with Crippen LogP contribution in [-0.4, -0.2) is 12.5 Å². The van der Waals surface area contributed by atoms with E-state index >= 15 is 0 Å². The molecule has 0 aliphatic heterocycles. The summed E-state index contributed by atoms with van der Waals surface area (Å²) in [6, 6.07) is 0. The van der Waals surface area contributed by atoms with Crippen LogP contribution >= 0.6 is 12.6 Å². The molecule has 0 fully saturated rings. The molecule has 0 saturated carbocycles. The number of hydrogen-bond donors (Lipinski definition) is 2. The predicted molar refractivity (Wildman–Crippen MR) is 41.1 cm³/mol. The Morgan fingerprint density at radius 2 is 1.31 bits per heavy atom. The van der Waals surface area contributed by atoms with Crippen molar-refractivity contribution >= 4 is 25.6 Å². The molecule has 0 saturated heterocycles. The van der Waals surface area contributed by atoms with Crippen LogP contribution in [0.25, 0.3) is 0 Å². The lowest BCUT2D eigenvalue weighted by molar-refractivity contribution is 0.432. The maximum atomic E-state index is 12.7. The summed E-state index contributed by atoms with van der Waals surface area (Å²) in [5, 5.41) is 8.28. The Morgan fingerprint density at radius 3 is 1.62 bits per heavy atom. The minimum Gasteiger partial charge on any atom is -0.450 e. The van der Waals surface area contributed by atoms with Gasteiger partial charge in [-0.3, -0.25) is 0 Å². The quantitative estimate of drug-likeness (QED) is 0.303. The van der Waals surface area contributed by atoms with Crippen molar-refractivity contribution in [1.29, 1.82) is 0 Å². The van der Waals surface area contributed by atoms with Gasteiger partial charge in [-0.2, -0.15) is 0 Å². The van der Waals surface area contributed by atoms with Crippen molar-refractivity contribution < 1.29 is 22.6 Å². The van der Waals surface area contributed by atoms with E-state index in [2.05, 4.69) is 12.6 Å². The molecule has 1 radical (unpaired) electrons. The molecule has 0 aromatic heterocycles. The Kier molecular flexibility index (Phi) is 2.87. The smallest absolute Gasteiger partial charge is 0.333 e. The SMILES string of the molecule is O[B]c1c(F)c(F)c(S)c(F)c1F. The molecule has 13 heavy (non-hydrogen) atoms. The molecular formula is C6H2BF4OS. The van der Waals surface area contributed by atoms with Crippen molar-refractivity contribution in [2.45, 2.75) is 4.90 Å². The molecule has 7 heteroatoms. The van der Waals surface area contributed by atoms with E-state index < -0.39 is 33.6 Å². The summed E-state index contributed by atoms with van der Waals surface area (Å²) < 4.78 is 50.6. The molecular weight excluding hydrogens is 207 g/mol. The second-order valence-corrected chi connectivity index (χ2v) is 2.59. The molecule has 0 aliphatic carbocycles. The lowest BCUT2D eigenvalue weighted by Gasteiger charge is -2.05. The first-order valence-corrected chi connectivity index (χ1v) is 3.47. The van der Waals surface area contributed by atoms with Crippen molar-refractivity contribution in [3.63, 3.8) is 0 Å².